The number of hydrogen-bond acceptors (Lipinski definition) is 7. The molecule has 32 heavy (non-hydrogen) atoms. The van der Waals surface area contributed by atoms with Crippen molar-refractivity contribution in [2.45, 2.75) is 4.90 Å². The minimum Gasteiger partial charge on any atom is -0.352 e. The molecule has 1 aromatic carbocycles. The normalized spacial score (nSPS) is 14.6. The molecule has 0 aliphatic carbocycles. The predicted octanol–water partition coefficient (Wildman–Crippen LogP) is 1.75. The fourth-order valence-corrected chi connectivity index (χ4v) is 4.37. The average Bonchev–Trinajstić information content (AvgIpc) is 2.84. The largest absolute Gasteiger partial charge is 0.352 e. The van der Waals surface area contributed by atoms with Crippen LogP contribution >= 0.6 is 0 Å². The van der Waals surface area contributed by atoms with E-state index in [4.69, 9.17) is 0 Å². The zero-order chi connectivity index (χ0) is 22.7. The quantitative estimate of drug-likeness (QED) is 0.581. The summed E-state index contributed by atoms with van der Waals surface area (Å²) < 4.78 is 25.5. The molecule has 0 N–H and O–H groups in total. The highest BCUT2D eigenvalue weighted by atomic mass is 32.2. The zero-order valence-electron chi connectivity index (χ0n) is 17.9. The maximum atomic E-state index is 12.9. The van der Waals surface area contributed by atoms with Gasteiger partial charge in [-0.15, -0.1) is 10.2 Å². The Morgan fingerprint density at radius 3 is 2.09 bits per heavy atom. The van der Waals surface area contributed by atoms with Gasteiger partial charge in [-0.1, -0.05) is 0 Å². The van der Waals surface area contributed by atoms with E-state index >= 15 is 0 Å². The maximum absolute atomic E-state index is 12.9. The van der Waals surface area contributed by atoms with Crippen molar-refractivity contribution in [3.8, 4) is 11.3 Å². The first-order valence-corrected chi connectivity index (χ1v) is 11.6. The third-order valence-corrected chi connectivity index (χ3v) is 7.23. The lowest BCUT2D eigenvalue weighted by atomic mass is 10.1. The third-order valence-electron chi connectivity index (χ3n) is 5.40. The number of aromatic nitrogens is 3. The number of pyridine rings is 1. The number of benzene rings is 1. The predicted molar refractivity (Wildman–Crippen MR) is 121 cm³/mol. The van der Waals surface area contributed by atoms with E-state index in [1.54, 1.807) is 29.4 Å². The van der Waals surface area contributed by atoms with Crippen LogP contribution in [0.3, 0.4) is 0 Å². The number of piperazine rings is 1. The van der Waals surface area contributed by atoms with Gasteiger partial charge in [0.2, 0.25) is 10.0 Å². The third kappa shape index (κ3) is 4.46. The second-order valence-corrected chi connectivity index (χ2v) is 9.76. The SMILES string of the molecule is CN(C)S(=O)(=O)c1ccc(C(=O)N2CCN(c3ccc(-c4ccncc4)nn3)CC2)cc1. The van der Waals surface area contributed by atoms with E-state index in [0.717, 1.165) is 21.4 Å². The summed E-state index contributed by atoms with van der Waals surface area (Å²) in [6.07, 6.45) is 3.44. The number of hydrogen-bond donors (Lipinski definition) is 0. The highest BCUT2D eigenvalue weighted by Crippen LogP contribution is 2.20. The van der Waals surface area contributed by atoms with Crippen molar-refractivity contribution >= 4 is 21.7 Å². The Bertz CT molecular complexity index is 1170. The fourth-order valence-electron chi connectivity index (χ4n) is 3.47. The van der Waals surface area contributed by atoms with Gasteiger partial charge < -0.3 is 9.80 Å². The molecule has 1 saturated heterocycles. The molecule has 166 valence electrons. The second-order valence-electron chi connectivity index (χ2n) is 7.60. The smallest absolute Gasteiger partial charge is 0.253 e. The van der Waals surface area contributed by atoms with Crippen LogP contribution in [-0.4, -0.2) is 79.0 Å². The Kier molecular flexibility index (Phi) is 6.15. The first kappa shape index (κ1) is 21.8. The molecule has 4 rings (SSSR count). The van der Waals surface area contributed by atoms with Crippen LogP contribution in [0.25, 0.3) is 11.3 Å². The van der Waals surface area contributed by atoms with E-state index in [-0.39, 0.29) is 10.8 Å². The summed E-state index contributed by atoms with van der Waals surface area (Å²) in [5, 5.41) is 8.66. The van der Waals surface area contributed by atoms with Gasteiger partial charge in [0.25, 0.3) is 5.91 Å². The van der Waals surface area contributed by atoms with Crippen molar-refractivity contribution in [1.82, 2.24) is 24.4 Å². The number of anilines is 1. The first-order chi connectivity index (χ1) is 15.4. The molecule has 10 heteroatoms. The molecular weight excluding hydrogens is 428 g/mol. The minimum absolute atomic E-state index is 0.113. The number of carbonyl (C=O) groups excluding carboxylic acids is 1. The first-order valence-electron chi connectivity index (χ1n) is 10.2. The van der Waals surface area contributed by atoms with Crippen LogP contribution in [0.15, 0.2) is 65.8 Å². The van der Waals surface area contributed by atoms with Crippen LogP contribution < -0.4 is 4.90 Å². The molecule has 2 aromatic heterocycles. The summed E-state index contributed by atoms with van der Waals surface area (Å²) in [6, 6.07) is 13.7. The van der Waals surface area contributed by atoms with Crippen molar-refractivity contribution in [2.24, 2.45) is 0 Å². The maximum Gasteiger partial charge on any atom is 0.253 e. The second kappa shape index (κ2) is 9.01. The summed E-state index contributed by atoms with van der Waals surface area (Å²) in [5.74, 6) is 0.658. The summed E-state index contributed by atoms with van der Waals surface area (Å²) in [7, 11) is -0.563. The van der Waals surface area contributed by atoms with Crippen LogP contribution in [0.5, 0.6) is 0 Å². The van der Waals surface area contributed by atoms with E-state index in [2.05, 4.69) is 20.1 Å². The lowest BCUT2D eigenvalue weighted by molar-refractivity contribution is 0.0746. The van der Waals surface area contributed by atoms with Gasteiger partial charge in [0.1, 0.15) is 0 Å². The molecule has 3 heterocycles. The molecule has 0 radical (unpaired) electrons. The summed E-state index contributed by atoms with van der Waals surface area (Å²) >= 11 is 0. The molecule has 1 fully saturated rings. The van der Waals surface area contributed by atoms with Gasteiger partial charge in [-0.3, -0.25) is 9.78 Å². The van der Waals surface area contributed by atoms with E-state index < -0.39 is 10.0 Å². The number of amides is 1. The molecule has 3 aromatic rings. The number of rotatable bonds is 5. The summed E-state index contributed by atoms with van der Waals surface area (Å²) in [5.41, 5.74) is 2.21. The molecule has 0 saturated carbocycles. The molecule has 0 unspecified atom stereocenters. The minimum atomic E-state index is -3.52. The monoisotopic (exact) mass is 452 g/mol. The Labute approximate surface area is 187 Å². The molecule has 0 spiro atoms. The molecular formula is C22H24N6O3S. The van der Waals surface area contributed by atoms with Gasteiger partial charge >= 0.3 is 0 Å². The van der Waals surface area contributed by atoms with Crippen molar-refractivity contribution in [3.63, 3.8) is 0 Å². The Hall–Kier alpha value is -3.37. The highest BCUT2D eigenvalue weighted by Gasteiger charge is 2.24. The topological polar surface area (TPSA) is 99.6 Å². The number of sulfonamides is 1. The van der Waals surface area contributed by atoms with Crippen molar-refractivity contribution in [3.05, 3.63) is 66.5 Å². The van der Waals surface area contributed by atoms with Gasteiger partial charge in [-0.05, 0) is 48.5 Å². The zero-order valence-corrected chi connectivity index (χ0v) is 18.7. The van der Waals surface area contributed by atoms with Crippen molar-refractivity contribution in [2.75, 3.05) is 45.2 Å². The number of carbonyl (C=O) groups is 1. The summed E-state index contributed by atoms with van der Waals surface area (Å²) in [4.78, 5) is 20.9. The molecule has 1 aliphatic rings. The van der Waals surface area contributed by atoms with E-state index in [9.17, 15) is 13.2 Å². The number of nitrogens with zero attached hydrogens (tertiary/aromatic N) is 6. The Morgan fingerprint density at radius 1 is 0.875 bits per heavy atom. The van der Waals surface area contributed by atoms with Gasteiger partial charge in [0, 0.05) is 63.8 Å². The van der Waals surface area contributed by atoms with Gasteiger partial charge in [-0.2, -0.15) is 0 Å². The lowest BCUT2D eigenvalue weighted by Crippen LogP contribution is -2.49. The van der Waals surface area contributed by atoms with Gasteiger partial charge in [-0.25, -0.2) is 12.7 Å². The van der Waals surface area contributed by atoms with Crippen LogP contribution in [0, 0.1) is 0 Å². The molecule has 0 atom stereocenters. The Balaban J connectivity index is 1.38. The van der Waals surface area contributed by atoms with Crippen LogP contribution in [0.4, 0.5) is 5.82 Å². The van der Waals surface area contributed by atoms with Crippen LogP contribution in [-0.2, 0) is 10.0 Å². The highest BCUT2D eigenvalue weighted by molar-refractivity contribution is 7.89. The van der Waals surface area contributed by atoms with Crippen molar-refractivity contribution < 1.29 is 13.2 Å². The van der Waals surface area contributed by atoms with Crippen LogP contribution in [0.1, 0.15) is 10.4 Å². The fraction of sp³-hybridized carbons (Fsp3) is 0.273. The molecule has 1 aliphatic heterocycles. The van der Waals surface area contributed by atoms with E-state index in [1.165, 1.54) is 26.2 Å². The van der Waals surface area contributed by atoms with E-state index in [1.807, 2.05) is 24.3 Å². The molecule has 9 nitrogen and oxygen atoms in total. The standard InChI is InChI=1S/C22H24N6O3S/c1-26(2)32(30,31)19-5-3-18(4-6-19)22(29)28-15-13-27(14-16-28)21-8-7-20(24-25-21)17-9-11-23-12-10-17/h3-12H,13-16H2,1-2H3. The van der Waals surface area contributed by atoms with E-state index in [0.29, 0.717) is 31.7 Å². The molecule has 1 amide bonds. The lowest BCUT2D eigenvalue weighted by Gasteiger charge is -2.35. The molecule has 0 bridgehead atoms. The average molecular weight is 453 g/mol. The summed E-state index contributed by atoms with van der Waals surface area (Å²) in [6.45, 7) is 2.37. The van der Waals surface area contributed by atoms with Crippen molar-refractivity contribution in [1.29, 1.82) is 0 Å². The van der Waals surface area contributed by atoms with Gasteiger partial charge in [0.05, 0.1) is 10.6 Å². The van der Waals surface area contributed by atoms with Crippen LogP contribution in [0.2, 0.25) is 0 Å². The Morgan fingerprint density at radius 2 is 1.53 bits per heavy atom. The van der Waals surface area contributed by atoms with Gasteiger partial charge in [0.15, 0.2) is 5.82 Å².